The molecule has 0 bridgehead atoms. The van der Waals surface area contributed by atoms with Gasteiger partial charge in [-0.15, -0.1) is 11.3 Å². The van der Waals surface area contributed by atoms with Crippen LogP contribution in [-0.2, 0) is 4.79 Å². The van der Waals surface area contributed by atoms with Gasteiger partial charge in [-0.25, -0.2) is 15.0 Å². The fourth-order valence-corrected chi connectivity index (χ4v) is 4.96. The Labute approximate surface area is 238 Å². The van der Waals surface area contributed by atoms with E-state index in [0.717, 1.165) is 40.4 Å². The number of amides is 1. The number of nitrogens with one attached hydrogen (secondary N) is 2. The number of aliphatic imine (C=N–C) groups is 1. The molecule has 0 spiro atoms. The molecule has 2 N–H and O–H groups in total. The van der Waals surface area contributed by atoms with Crippen LogP contribution in [0.25, 0.3) is 15.9 Å². The molecule has 0 unspecified atom stereocenters. The molecule has 1 aliphatic rings. The van der Waals surface area contributed by atoms with Crippen molar-refractivity contribution in [3.8, 4) is 5.75 Å². The van der Waals surface area contributed by atoms with Gasteiger partial charge in [-0.2, -0.15) is 0 Å². The van der Waals surface area contributed by atoms with E-state index in [2.05, 4.69) is 38.6 Å². The van der Waals surface area contributed by atoms with Crippen LogP contribution < -0.4 is 20.3 Å². The predicted molar refractivity (Wildman–Crippen MR) is 167 cm³/mol. The maximum atomic E-state index is 12.3. The van der Waals surface area contributed by atoms with Crippen molar-refractivity contribution in [2.24, 2.45) is 4.99 Å². The van der Waals surface area contributed by atoms with Gasteiger partial charge in [0.2, 0.25) is 11.9 Å². The molecule has 0 aliphatic carbocycles. The van der Waals surface area contributed by atoms with E-state index < -0.39 is 0 Å². The minimum Gasteiger partial charge on any atom is -0.494 e. The first-order valence-electron chi connectivity index (χ1n) is 12.6. The zero-order valence-corrected chi connectivity index (χ0v) is 24.2. The minimum absolute atomic E-state index is 0.313. The first kappa shape index (κ1) is 28.5. The molecule has 0 atom stereocenters. The Balaban J connectivity index is 1.77. The molecule has 10 nitrogen and oxygen atoms in total. The average Bonchev–Trinajstić information content (AvgIpc) is 3.42. The lowest BCUT2D eigenvalue weighted by Gasteiger charge is -2.26. The summed E-state index contributed by atoms with van der Waals surface area (Å²) in [7, 11) is 7.61. The molecule has 40 heavy (non-hydrogen) atoms. The highest BCUT2D eigenvalue weighted by atomic mass is 32.1. The van der Waals surface area contributed by atoms with E-state index in [4.69, 9.17) is 14.7 Å². The second-order valence-electron chi connectivity index (χ2n) is 9.22. The Hall–Kier alpha value is -4.48. The molecular formula is C29H34N8O2S. The Morgan fingerprint density at radius 2 is 2.00 bits per heavy atom. The molecular weight excluding hydrogens is 524 g/mol. The maximum Gasteiger partial charge on any atom is 0.247 e. The monoisotopic (exact) mass is 558 g/mol. The van der Waals surface area contributed by atoms with Crippen molar-refractivity contribution in [2.75, 3.05) is 56.9 Å². The molecule has 0 radical (unpaired) electrons. The van der Waals surface area contributed by atoms with Gasteiger partial charge in [0, 0.05) is 38.6 Å². The van der Waals surface area contributed by atoms with Crippen molar-refractivity contribution in [3.63, 3.8) is 0 Å². The van der Waals surface area contributed by atoms with Crippen molar-refractivity contribution < 1.29 is 9.53 Å². The summed E-state index contributed by atoms with van der Waals surface area (Å²) >= 11 is 1.57. The third-order valence-electron chi connectivity index (χ3n) is 6.20. The Kier molecular flexibility index (Phi) is 8.97. The second-order valence-corrected chi connectivity index (χ2v) is 10.1. The first-order chi connectivity index (χ1) is 19.2. The molecule has 11 heteroatoms. The summed E-state index contributed by atoms with van der Waals surface area (Å²) in [6.45, 7) is 11.2. The van der Waals surface area contributed by atoms with Crippen LogP contribution in [0, 0.1) is 0 Å². The van der Waals surface area contributed by atoms with Crippen molar-refractivity contribution >= 4 is 62.4 Å². The molecule has 0 fully saturated rings. The summed E-state index contributed by atoms with van der Waals surface area (Å²) < 4.78 is 6.70. The third-order valence-corrected chi connectivity index (χ3v) is 7.11. The standard InChI is InChI=1S/C29H34N8O2S/c1-8-23(37-13-10-12-30-19(37)3)27-28-20(11-16-40-28)32-29(34-27)33-22-17-21(31-26(38)9-2)24(18-25(22)39-7)36(6)15-14-35(4)5/h8-13,16-18H,2-3,14-15H2,1,4-7H3,(H,31,38)(H,32,33,34)/b23-8-. The van der Waals surface area contributed by atoms with Crippen molar-refractivity contribution in [2.45, 2.75) is 6.92 Å². The number of methoxy groups -OCH3 is 1. The van der Waals surface area contributed by atoms with Gasteiger partial charge in [-0.3, -0.25) is 4.79 Å². The number of hydrogen-bond acceptors (Lipinski definition) is 10. The van der Waals surface area contributed by atoms with Crippen molar-refractivity contribution in [3.05, 3.63) is 72.7 Å². The molecule has 4 rings (SSSR count). The summed E-state index contributed by atoms with van der Waals surface area (Å²) in [5, 5.41) is 8.24. The molecule has 1 amide bonds. The summed E-state index contributed by atoms with van der Waals surface area (Å²) in [5.41, 5.74) is 4.38. The molecule has 3 aromatic rings. The van der Waals surface area contributed by atoms with Crippen LogP contribution in [0.5, 0.6) is 5.75 Å². The number of rotatable bonds is 11. The van der Waals surface area contributed by atoms with E-state index in [1.165, 1.54) is 6.08 Å². The predicted octanol–water partition coefficient (Wildman–Crippen LogP) is 5.30. The van der Waals surface area contributed by atoms with E-state index in [-0.39, 0.29) is 5.91 Å². The summed E-state index contributed by atoms with van der Waals surface area (Å²) in [6, 6.07) is 5.67. The van der Waals surface area contributed by atoms with E-state index in [1.54, 1.807) is 24.7 Å². The number of fused-ring (bicyclic) bond motifs is 1. The van der Waals surface area contributed by atoms with Gasteiger partial charge in [-0.1, -0.05) is 19.2 Å². The van der Waals surface area contributed by atoms with Crippen LogP contribution >= 0.6 is 11.3 Å². The highest BCUT2D eigenvalue weighted by molar-refractivity contribution is 7.17. The fourth-order valence-electron chi connectivity index (χ4n) is 4.13. The number of likely N-dealkylation sites (N-methyl/N-ethyl adjacent to an activating group) is 2. The van der Waals surface area contributed by atoms with Crippen molar-refractivity contribution in [1.29, 1.82) is 0 Å². The number of anilines is 4. The molecule has 0 saturated heterocycles. The number of allylic oxidation sites excluding steroid dienone is 2. The van der Waals surface area contributed by atoms with Gasteiger partial charge in [0.15, 0.2) is 0 Å². The summed E-state index contributed by atoms with van der Waals surface area (Å²) in [5.74, 6) is 1.23. The first-order valence-corrected chi connectivity index (χ1v) is 13.5. The van der Waals surface area contributed by atoms with E-state index >= 15 is 0 Å². The zero-order valence-electron chi connectivity index (χ0n) is 23.4. The SMILES string of the molecule is C=CC(=O)Nc1cc(Nc2nc(/C(=C/C)N3C=CC=NC3=C)c3sccc3n2)c(OC)cc1N(C)CCN(C)C. The Morgan fingerprint density at radius 3 is 2.67 bits per heavy atom. The fraction of sp³-hybridized carbons (Fsp3) is 0.241. The topological polar surface area (TPSA) is 98.2 Å². The number of benzene rings is 1. The van der Waals surface area contributed by atoms with Gasteiger partial charge in [0.05, 0.1) is 40.1 Å². The van der Waals surface area contributed by atoms with Crippen LogP contribution in [0.4, 0.5) is 23.0 Å². The van der Waals surface area contributed by atoms with Crippen LogP contribution in [-0.4, -0.2) is 73.2 Å². The summed E-state index contributed by atoms with van der Waals surface area (Å²) in [4.78, 5) is 32.4. The molecule has 1 aromatic carbocycles. The van der Waals surface area contributed by atoms with Gasteiger partial charge in [0.25, 0.3) is 0 Å². The van der Waals surface area contributed by atoms with Crippen LogP contribution in [0.2, 0.25) is 0 Å². The van der Waals surface area contributed by atoms with Crippen LogP contribution in [0.3, 0.4) is 0 Å². The van der Waals surface area contributed by atoms with Gasteiger partial charge in [0.1, 0.15) is 17.3 Å². The van der Waals surface area contributed by atoms with Crippen molar-refractivity contribution in [1.82, 2.24) is 19.8 Å². The highest BCUT2D eigenvalue weighted by Crippen LogP contribution is 2.39. The average molecular weight is 559 g/mol. The lowest BCUT2D eigenvalue weighted by atomic mass is 10.2. The van der Waals surface area contributed by atoms with E-state index in [9.17, 15) is 4.79 Å². The zero-order chi connectivity index (χ0) is 28.8. The minimum atomic E-state index is -0.313. The highest BCUT2D eigenvalue weighted by Gasteiger charge is 2.21. The lowest BCUT2D eigenvalue weighted by molar-refractivity contribution is -0.111. The quantitative estimate of drug-likeness (QED) is 0.306. The number of hydrogen-bond donors (Lipinski definition) is 2. The molecule has 1 aliphatic heterocycles. The smallest absolute Gasteiger partial charge is 0.247 e. The molecule has 3 heterocycles. The lowest BCUT2D eigenvalue weighted by Crippen LogP contribution is -2.29. The number of ether oxygens (including phenoxy) is 1. The number of aromatic nitrogens is 2. The van der Waals surface area contributed by atoms with Crippen LogP contribution in [0.15, 0.2) is 72.0 Å². The molecule has 208 valence electrons. The van der Waals surface area contributed by atoms with Gasteiger partial charge < -0.3 is 30.1 Å². The van der Waals surface area contributed by atoms with E-state index in [0.29, 0.717) is 28.9 Å². The number of carbonyl (C=O) groups is 1. The molecule has 2 aromatic heterocycles. The second kappa shape index (κ2) is 12.6. The largest absolute Gasteiger partial charge is 0.494 e. The Morgan fingerprint density at radius 1 is 1.20 bits per heavy atom. The van der Waals surface area contributed by atoms with Crippen LogP contribution in [0.1, 0.15) is 12.6 Å². The number of thiophene rings is 1. The summed E-state index contributed by atoms with van der Waals surface area (Å²) in [6.07, 6.45) is 8.68. The maximum absolute atomic E-state index is 12.3. The van der Waals surface area contributed by atoms with Gasteiger partial charge in [-0.05, 0) is 50.7 Å². The number of nitrogens with zero attached hydrogens (tertiary/aromatic N) is 6. The third kappa shape index (κ3) is 6.22. The molecule has 0 saturated carbocycles. The number of carbonyl (C=O) groups excluding carboxylic acids is 1. The Bertz CT molecular complexity index is 1520. The van der Waals surface area contributed by atoms with Gasteiger partial charge >= 0.3 is 0 Å². The van der Waals surface area contributed by atoms with E-state index in [1.807, 2.05) is 74.9 Å². The normalized spacial score (nSPS) is 13.2.